The van der Waals surface area contributed by atoms with Gasteiger partial charge in [-0.3, -0.25) is 0 Å². The van der Waals surface area contributed by atoms with E-state index in [0.29, 0.717) is 6.04 Å². The minimum Gasteiger partial charge on any atom is -0.383 e. The molecule has 0 bridgehead atoms. The molecule has 1 rings (SSSR count). The summed E-state index contributed by atoms with van der Waals surface area (Å²) in [4.78, 5) is 6.95. The first-order valence-corrected chi connectivity index (χ1v) is 8.82. The van der Waals surface area contributed by atoms with Crippen LogP contribution < -0.4 is 10.2 Å². The quantitative estimate of drug-likeness (QED) is 0.672. The van der Waals surface area contributed by atoms with Gasteiger partial charge in [0.05, 0.1) is 12.3 Å². The number of thiazole rings is 1. The predicted octanol–water partition coefficient (Wildman–Crippen LogP) is 2.46. The SMILES string of the molecule is COCCNCc1csc(N(C)C(C)CCSC)n1. The molecular weight excluding hydrogens is 278 g/mol. The topological polar surface area (TPSA) is 37.4 Å². The Morgan fingerprint density at radius 3 is 3.05 bits per heavy atom. The molecular formula is C13H25N3OS2. The van der Waals surface area contributed by atoms with Crippen molar-refractivity contribution >= 4 is 28.2 Å². The van der Waals surface area contributed by atoms with Crippen molar-refractivity contribution in [3.8, 4) is 0 Å². The summed E-state index contributed by atoms with van der Waals surface area (Å²) in [7, 11) is 3.85. The second kappa shape index (κ2) is 9.58. The van der Waals surface area contributed by atoms with Crippen LogP contribution in [0.4, 0.5) is 5.13 Å². The molecule has 0 aliphatic carbocycles. The average molecular weight is 303 g/mol. The molecule has 0 aliphatic heterocycles. The van der Waals surface area contributed by atoms with Crippen molar-refractivity contribution in [1.29, 1.82) is 0 Å². The van der Waals surface area contributed by atoms with Crippen molar-refractivity contribution in [1.82, 2.24) is 10.3 Å². The highest BCUT2D eigenvalue weighted by Gasteiger charge is 2.13. The number of thioether (sulfide) groups is 1. The zero-order valence-corrected chi connectivity index (χ0v) is 13.9. The van der Waals surface area contributed by atoms with Gasteiger partial charge in [-0.15, -0.1) is 11.3 Å². The largest absolute Gasteiger partial charge is 0.383 e. The van der Waals surface area contributed by atoms with E-state index in [0.717, 1.165) is 30.5 Å². The van der Waals surface area contributed by atoms with Crippen molar-refractivity contribution in [2.24, 2.45) is 0 Å². The number of ether oxygens (including phenoxy) is 1. The third-order valence-electron chi connectivity index (χ3n) is 3.03. The van der Waals surface area contributed by atoms with Crippen molar-refractivity contribution in [3.63, 3.8) is 0 Å². The van der Waals surface area contributed by atoms with Gasteiger partial charge in [0.15, 0.2) is 5.13 Å². The summed E-state index contributed by atoms with van der Waals surface area (Å²) in [6.07, 6.45) is 3.35. The van der Waals surface area contributed by atoms with E-state index in [-0.39, 0.29) is 0 Å². The summed E-state index contributed by atoms with van der Waals surface area (Å²) in [5.74, 6) is 1.20. The molecule has 1 heterocycles. The molecule has 0 radical (unpaired) electrons. The Balaban J connectivity index is 2.39. The molecule has 1 aromatic rings. The van der Waals surface area contributed by atoms with Crippen LogP contribution in [0.3, 0.4) is 0 Å². The maximum atomic E-state index is 5.00. The number of aromatic nitrogens is 1. The van der Waals surface area contributed by atoms with E-state index in [1.165, 1.54) is 12.2 Å². The molecule has 1 unspecified atom stereocenters. The number of anilines is 1. The molecule has 1 aromatic heterocycles. The van der Waals surface area contributed by atoms with Gasteiger partial charge in [0.2, 0.25) is 0 Å². The fourth-order valence-corrected chi connectivity index (χ4v) is 3.07. The van der Waals surface area contributed by atoms with Gasteiger partial charge < -0.3 is 15.0 Å². The smallest absolute Gasteiger partial charge is 0.185 e. The summed E-state index contributed by atoms with van der Waals surface area (Å²) in [6, 6.07) is 0.535. The molecule has 0 fully saturated rings. The Labute approximate surface area is 124 Å². The minimum atomic E-state index is 0.535. The van der Waals surface area contributed by atoms with Crippen molar-refractivity contribution in [3.05, 3.63) is 11.1 Å². The summed E-state index contributed by atoms with van der Waals surface area (Å²) >= 11 is 3.62. The first-order chi connectivity index (χ1) is 9.19. The summed E-state index contributed by atoms with van der Waals surface area (Å²) in [5, 5.41) is 6.56. The zero-order chi connectivity index (χ0) is 14.1. The highest BCUT2D eigenvalue weighted by Crippen LogP contribution is 2.22. The van der Waals surface area contributed by atoms with Crippen LogP contribution >= 0.6 is 23.1 Å². The van der Waals surface area contributed by atoms with Gasteiger partial charge in [0.1, 0.15) is 0 Å². The summed E-state index contributed by atoms with van der Waals surface area (Å²) < 4.78 is 5.00. The first kappa shape index (κ1) is 16.8. The molecule has 0 aromatic carbocycles. The molecule has 6 heteroatoms. The predicted molar refractivity (Wildman–Crippen MR) is 86.6 cm³/mol. The standard InChI is InChI=1S/C13H25N3OS2/c1-11(5-8-18-4)16(2)13-15-12(10-19-13)9-14-6-7-17-3/h10-11,14H,5-9H2,1-4H3. The molecule has 0 spiro atoms. The van der Waals surface area contributed by atoms with E-state index < -0.39 is 0 Å². The lowest BCUT2D eigenvalue weighted by Gasteiger charge is -2.23. The Hall–Kier alpha value is -0.300. The Kier molecular flexibility index (Phi) is 8.45. The van der Waals surface area contributed by atoms with E-state index in [9.17, 15) is 0 Å². The molecule has 1 N–H and O–H groups in total. The average Bonchev–Trinajstić information content (AvgIpc) is 2.89. The molecule has 0 saturated carbocycles. The molecule has 19 heavy (non-hydrogen) atoms. The van der Waals surface area contributed by atoms with Crippen LogP contribution in [0.25, 0.3) is 0 Å². The van der Waals surface area contributed by atoms with E-state index in [1.807, 2.05) is 11.8 Å². The van der Waals surface area contributed by atoms with Gasteiger partial charge in [-0.1, -0.05) is 0 Å². The lowest BCUT2D eigenvalue weighted by atomic mass is 10.2. The Morgan fingerprint density at radius 2 is 2.37 bits per heavy atom. The number of hydrogen-bond donors (Lipinski definition) is 1. The Bertz CT molecular complexity index is 346. The number of nitrogens with one attached hydrogen (secondary N) is 1. The van der Waals surface area contributed by atoms with Gasteiger partial charge in [-0.25, -0.2) is 4.98 Å². The van der Waals surface area contributed by atoms with E-state index in [2.05, 4.69) is 40.8 Å². The van der Waals surface area contributed by atoms with E-state index in [1.54, 1.807) is 18.4 Å². The number of methoxy groups -OCH3 is 1. The van der Waals surface area contributed by atoms with Crippen molar-refractivity contribution in [2.45, 2.75) is 25.9 Å². The molecule has 110 valence electrons. The van der Waals surface area contributed by atoms with Crippen LogP contribution in [-0.4, -0.2) is 50.3 Å². The number of rotatable bonds is 10. The summed E-state index contributed by atoms with van der Waals surface area (Å²) in [5.41, 5.74) is 1.11. The third-order valence-corrected chi connectivity index (χ3v) is 4.66. The van der Waals surface area contributed by atoms with Gasteiger partial charge in [0.25, 0.3) is 0 Å². The van der Waals surface area contributed by atoms with Crippen LogP contribution in [0.15, 0.2) is 5.38 Å². The van der Waals surface area contributed by atoms with E-state index >= 15 is 0 Å². The maximum Gasteiger partial charge on any atom is 0.185 e. The lowest BCUT2D eigenvalue weighted by molar-refractivity contribution is 0.199. The Morgan fingerprint density at radius 1 is 1.58 bits per heavy atom. The second-order valence-corrected chi connectivity index (χ2v) is 6.35. The summed E-state index contributed by atoms with van der Waals surface area (Å²) in [6.45, 7) is 4.67. The van der Waals surface area contributed by atoms with Crippen molar-refractivity contribution < 1.29 is 4.74 Å². The second-order valence-electron chi connectivity index (χ2n) is 4.53. The van der Waals surface area contributed by atoms with E-state index in [4.69, 9.17) is 4.74 Å². The zero-order valence-electron chi connectivity index (χ0n) is 12.3. The first-order valence-electron chi connectivity index (χ1n) is 6.54. The van der Waals surface area contributed by atoms with Gasteiger partial charge in [-0.05, 0) is 25.4 Å². The minimum absolute atomic E-state index is 0.535. The maximum absolute atomic E-state index is 5.00. The molecule has 0 amide bonds. The van der Waals surface area contributed by atoms with Crippen molar-refractivity contribution in [2.75, 3.05) is 44.2 Å². The van der Waals surface area contributed by atoms with Gasteiger partial charge in [0, 0.05) is 38.7 Å². The van der Waals surface area contributed by atoms with Crippen LogP contribution in [0.1, 0.15) is 19.0 Å². The normalized spacial score (nSPS) is 12.6. The highest BCUT2D eigenvalue weighted by molar-refractivity contribution is 7.98. The number of nitrogens with zero attached hydrogens (tertiary/aromatic N) is 2. The molecule has 0 aliphatic rings. The monoisotopic (exact) mass is 303 g/mol. The lowest BCUT2D eigenvalue weighted by Crippen LogP contribution is -2.29. The number of hydrogen-bond acceptors (Lipinski definition) is 6. The molecule has 1 atom stereocenters. The van der Waals surface area contributed by atoms with Crippen LogP contribution in [0, 0.1) is 0 Å². The molecule has 4 nitrogen and oxygen atoms in total. The van der Waals surface area contributed by atoms with Crippen LogP contribution in [-0.2, 0) is 11.3 Å². The molecule has 0 saturated heterocycles. The fraction of sp³-hybridized carbons (Fsp3) is 0.769. The van der Waals surface area contributed by atoms with Gasteiger partial charge in [-0.2, -0.15) is 11.8 Å². The van der Waals surface area contributed by atoms with Crippen LogP contribution in [0.2, 0.25) is 0 Å². The van der Waals surface area contributed by atoms with Gasteiger partial charge >= 0.3 is 0 Å². The third kappa shape index (κ3) is 6.12. The fourth-order valence-electron chi connectivity index (χ4n) is 1.60. The van der Waals surface area contributed by atoms with Crippen LogP contribution in [0.5, 0.6) is 0 Å². The highest BCUT2D eigenvalue weighted by atomic mass is 32.2.